The molecule has 0 aliphatic heterocycles. The van der Waals surface area contributed by atoms with Crippen LogP contribution in [0.5, 0.6) is 0 Å². The second-order valence-corrected chi connectivity index (χ2v) is 5.75. The Labute approximate surface area is 92.6 Å². The molecule has 0 saturated heterocycles. The summed E-state index contributed by atoms with van der Waals surface area (Å²) in [5, 5.41) is 10.4. The van der Waals surface area contributed by atoms with Crippen molar-refractivity contribution < 1.29 is 5.11 Å². The van der Waals surface area contributed by atoms with E-state index in [2.05, 4.69) is 18.9 Å². The van der Waals surface area contributed by atoms with E-state index in [4.69, 9.17) is 5.73 Å². The Morgan fingerprint density at radius 3 is 2.47 bits per heavy atom. The normalized spacial score (nSPS) is 34.2. The Kier molecular flexibility index (Phi) is 3.06. The van der Waals surface area contributed by atoms with Crippen LogP contribution < -0.4 is 5.73 Å². The molecular formula is C12H24N2O. The van der Waals surface area contributed by atoms with Gasteiger partial charge < -0.3 is 15.7 Å². The first-order chi connectivity index (χ1) is 7.05. The van der Waals surface area contributed by atoms with E-state index in [1.54, 1.807) is 0 Å². The highest BCUT2D eigenvalue weighted by Crippen LogP contribution is 2.41. The molecular weight excluding hydrogens is 188 g/mol. The number of hydrogen-bond acceptors (Lipinski definition) is 3. The number of nitrogens with two attached hydrogens (primary N) is 1. The SMILES string of the molecule is CC1CC1CN(C)CC(O)(CN)C1CC1. The quantitative estimate of drug-likeness (QED) is 0.680. The third-order valence-corrected chi connectivity index (χ3v) is 4.06. The summed E-state index contributed by atoms with van der Waals surface area (Å²) >= 11 is 0. The minimum Gasteiger partial charge on any atom is -0.387 e. The van der Waals surface area contributed by atoms with E-state index in [0.717, 1.165) is 37.8 Å². The lowest BCUT2D eigenvalue weighted by atomic mass is 9.97. The van der Waals surface area contributed by atoms with Crippen molar-refractivity contribution in [2.24, 2.45) is 23.5 Å². The van der Waals surface area contributed by atoms with Gasteiger partial charge in [0.25, 0.3) is 0 Å². The van der Waals surface area contributed by atoms with Gasteiger partial charge in [0.1, 0.15) is 0 Å². The molecule has 2 fully saturated rings. The van der Waals surface area contributed by atoms with Crippen molar-refractivity contribution in [3.63, 3.8) is 0 Å². The highest BCUT2D eigenvalue weighted by molar-refractivity contribution is 4.98. The van der Waals surface area contributed by atoms with Gasteiger partial charge in [-0.1, -0.05) is 6.92 Å². The molecule has 3 atom stereocenters. The summed E-state index contributed by atoms with van der Waals surface area (Å²) in [5.74, 6) is 2.21. The predicted octanol–water partition coefficient (Wildman–Crippen LogP) is 0.674. The molecule has 0 aromatic carbocycles. The smallest absolute Gasteiger partial charge is 0.0923 e. The molecule has 2 saturated carbocycles. The number of nitrogens with zero attached hydrogens (tertiary/aromatic N) is 1. The van der Waals surface area contributed by atoms with Crippen LogP contribution in [0.25, 0.3) is 0 Å². The Hall–Kier alpha value is -0.120. The van der Waals surface area contributed by atoms with E-state index < -0.39 is 5.60 Å². The highest BCUT2D eigenvalue weighted by Gasteiger charge is 2.44. The Morgan fingerprint density at radius 2 is 2.07 bits per heavy atom. The fourth-order valence-electron chi connectivity index (χ4n) is 2.57. The van der Waals surface area contributed by atoms with E-state index in [9.17, 15) is 5.11 Å². The summed E-state index contributed by atoms with van der Waals surface area (Å²) in [6, 6.07) is 0. The zero-order valence-electron chi connectivity index (χ0n) is 9.95. The van der Waals surface area contributed by atoms with Crippen molar-refractivity contribution in [1.29, 1.82) is 0 Å². The first-order valence-corrected chi connectivity index (χ1v) is 6.16. The number of hydrogen-bond donors (Lipinski definition) is 2. The minimum atomic E-state index is -0.618. The molecule has 0 radical (unpaired) electrons. The van der Waals surface area contributed by atoms with E-state index in [1.807, 2.05) is 0 Å². The standard InChI is InChI=1S/C12H24N2O/c1-9-5-10(9)6-14(2)8-12(15,7-13)11-3-4-11/h9-11,15H,3-8,13H2,1-2H3. The van der Waals surface area contributed by atoms with Crippen molar-refractivity contribution in [2.75, 3.05) is 26.7 Å². The largest absolute Gasteiger partial charge is 0.387 e. The fourth-order valence-corrected chi connectivity index (χ4v) is 2.57. The molecule has 0 amide bonds. The molecule has 3 unspecified atom stereocenters. The third-order valence-electron chi connectivity index (χ3n) is 4.06. The van der Waals surface area contributed by atoms with Crippen molar-refractivity contribution >= 4 is 0 Å². The molecule has 2 rings (SSSR count). The highest BCUT2D eigenvalue weighted by atomic mass is 16.3. The summed E-state index contributed by atoms with van der Waals surface area (Å²) in [5.41, 5.74) is 5.08. The van der Waals surface area contributed by atoms with Crippen LogP contribution in [0.2, 0.25) is 0 Å². The third kappa shape index (κ3) is 2.71. The Morgan fingerprint density at radius 1 is 1.47 bits per heavy atom. The lowest BCUT2D eigenvalue weighted by Gasteiger charge is -2.31. The second kappa shape index (κ2) is 4.04. The van der Waals surface area contributed by atoms with Crippen LogP contribution in [0.15, 0.2) is 0 Å². The zero-order chi connectivity index (χ0) is 11.1. The van der Waals surface area contributed by atoms with Gasteiger partial charge in [-0.05, 0) is 44.1 Å². The molecule has 3 heteroatoms. The van der Waals surface area contributed by atoms with E-state index in [0.29, 0.717) is 12.5 Å². The molecule has 0 aromatic rings. The molecule has 0 aromatic heterocycles. The van der Waals surface area contributed by atoms with Crippen LogP contribution in [-0.4, -0.2) is 42.3 Å². The van der Waals surface area contributed by atoms with E-state index in [1.165, 1.54) is 6.42 Å². The lowest BCUT2D eigenvalue weighted by Crippen LogP contribution is -2.49. The van der Waals surface area contributed by atoms with Gasteiger partial charge in [-0.15, -0.1) is 0 Å². The summed E-state index contributed by atoms with van der Waals surface area (Å²) in [6.07, 6.45) is 3.66. The molecule has 15 heavy (non-hydrogen) atoms. The molecule has 0 spiro atoms. The van der Waals surface area contributed by atoms with Crippen molar-refractivity contribution in [1.82, 2.24) is 4.90 Å². The van der Waals surface area contributed by atoms with Crippen LogP contribution in [0, 0.1) is 17.8 Å². The van der Waals surface area contributed by atoms with Crippen LogP contribution in [0.4, 0.5) is 0 Å². The van der Waals surface area contributed by atoms with E-state index >= 15 is 0 Å². The van der Waals surface area contributed by atoms with Crippen LogP contribution in [-0.2, 0) is 0 Å². The summed E-state index contributed by atoms with van der Waals surface area (Å²) < 4.78 is 0. The predicted molar refractivity (Wildman–Crippen MR) is 61.5 cm³/mol. The molecule has 0 heterocycles. The first kappa shape index (κ1) is 11.4. The van der Waals surface area contributed by atoms with Gasteiger partial charge in [0.15, 0.2) is 0 Å². The number of rotatable bonds is 6. The monoisotopic (exact) mass is 212 g/mol. The van der Waals surface area contributed by atoms with Crippen molar-refractivity contribution in [2.45, 2.75) is 31.8 Å². The average molecular weight is 212 g/mol. The molecule has 2 aliphatic carbocycles. The molecule has 88 valence electrons. The van der Waals surface area contributed by atoms with Gasteiger partial charge in [-0.3, -0.25) is 0 Å². The fraction of sp³-hybridized carbons (Fsp3) is 1.00. The van der Waals surface area contributed by atoms with Gasteiger partial charge in [-0.2, -0.15) is 0 Å². The summed E-state index contributed by atoms with van der Waals surface area (Å²) in [4.78, 5) is 2.26. The van der Waals surface area contributed by atoms with Crippen LogP contribution in [0.1, 0.15) is 26.2 Å². The molecule has 3 N–H and O–H groups in total. The minimum absolute atomic E-state index is 0.405. The average Bonchev–Trinajstić information content (AvgIpc) is 3.03. The Bertz CT molecular complexity index is 230. The Balaban J connectivity index is 1.78. The summed E-state index contributed by atoms with van der Waals surface area (Å²) in [6.45, 7) is 4.57. The van der Waals surface area contributed by atoms with Gasteiger partial charge in [0, 0.05) is 19.6 Å². The zero-order valence-corrected chi connectivity index (χ0v) is 9.95. The van der Waals surface area contributed by atoms with Crippen LogP contribution >= 0.6 is 0 Å². The maximum absolute atomic E-state index is 10.4. The van der Waals surface area contributed by atoms with Gasteiger partial charge in [0.2, 0.25) is 0 Å². The van der Waals surface area contributed by atoms with Crippen molar-refractivity contribution in [3.8, 4) is 0 Å². The first-order valence-electron chi connectivity index (χ1n) is 6.16. The van der Waals surface area contributed by atoms with Gasteiger partial charge >= 0.3 is 0 Å². The second-order valence-electron chi connectivity index (χ2n) is 5.75. The van der Waals surface area contributed by atoms with Crippen LogP contribution in [0.3, 0.4) is 0 Å². The molecule has 0 bridgehead atoms. The molecule has 2 aliphatic rings. The number of likely N-dealkylation sites (N-methyl/N-ethyl adjacent to an activating group) is 1. The molecule has 3 nitrogen and oxygen atoms in total. The summed E-state index contributed by atoms with van der Waals surface area (Å²) in [7, 11) is 2.11. The topological polar surface area (TPSA) is 49.5 Å². The van der Waals surface area contributed by atoms with Crippen molar-refractivity contribution in [3.05, 3.63) is 0 Å². The van der Waals surface area contributed by atoms with Gasteiger partial charge in [0.05, 0.1) is 5.60 Å². The maximum atomic E-state index is 10.4. The number of aliphatic hydroxyl groups is 1. The maximum Gasteiger partial charge on any atom is 0.0923 e. The van der Waals surface area contributed by atoms with E-state index in [-0.39, 0.29) is 0 Å². The van der Waals surface area contributed by atoms with Gasteiger partial charge in [-0.25, -0.2) is 0 Å². The lowest BCUT2D eigenvalue weighted by molar-refractivity contribution is -0.00314.